The van der Waals surface area contributed by atoms with Crippen LogP contribution in [0.5, 0.6) is 5.75 Å². The van der Waals surface area contributed by atoms with Gasteiger partial charge in [0.2, 0.25) is 0 Å². The van der Waals surface area contributed by atoms with Crippen LogP contribution < -0.4 is 15.4 Å². The number of hydrogen-bond donors (Lipinski definition) is 1. The second kappa shape index (κ2) is 9.84. The first-order chi connectivity index (χ1) is 17.2. The molecule has 9 nitrogen and oxygen atoms in total. The molecule has 36 heavy (non-hydrogen) atoms. The van der Waals surface area contributed by atoms with Gasteiger partial charge in [0.1, 0.15) is 11.4 Å². The normalized spacial score (nSPS) is 20.0. The van der Waals surface area contributed by atoms with E-state index in [1.54, 1.807) is 0 Å². The fraction of sp³-hybridized carbons (Fsp3) is 0.630. The van der Waals surface area contributed by atoms with Gasteiger partial charge in [0, 0.05) is 81.4 Å². The molecule has 0 unspecified atom stereocenters. The molecule has 9 heteroatoms. The maximum absolute atomic E-state index is 12.4. The Labute approximate surface area is 214 Å². The molecule has 2 aromatic rings. The van der Waals surface area contributed by atoms with E-state index in [0.29, 0.717) is 17.8 Å². The molecule has 196 valence electrons. The highest BCUT2D eigenvalue weighted by atomic mass is 16.6. The number of piperazine rings is 1. The SMILES string of the molecule is Cn1cc(-c2cc(N)c(OC3CC3)cc2N2CCC(N3CCN(C(=O)OC(C)(C)C)CC3)CC2)cn1. The first kappa shape index (κ1) is 24.7. The van der Waals surface area contributed by atoms with E-state index >= 15 is 0 Å². The van der Waals surface area contributed by atoms with E-state index in [-0.39, 0.29) is 6.09 Å². The van der Waals surface area contributed by atoms with Crippen molar-refractivity contribution >= 4 is 17.5 Å². The summed E-state index contributed by atoms with van der Waals surface area (Å²) in [5, 5.41) is 4.38. The van der Waals surface area contributed by atoms with Crippen molar-refractivity contribution in [3.8, 4) is 16.9 Å². The van der Waals surface area contributed by atoms with Crippen LogP contribution in [0.4, 0.5) is 16.2 Å². The summed E-state index contributed by atoms with van der Waals surface area (Å²) < 4.78 is 13.5. The van der Waals surface area contributed by atoms with Crippen LogP contribution in [0.2, 0.25) is 0 Å². The number of anilines is 2. The molecule has 2 aliphatic heterocycles. The Hall–Kier alpha value is -2.94. The summed E-state index contributed by atoms with van der Waals surface area (Å²) in [6.45, 7) is 10.9. The van der Waals surface area contributed by atoms with Gasteiger partial charge in [-0.3, -0.25) is 9.58 Å². The summed E-state index contributed by atoms with van der Waals surface area (Å²) >= 11 is 0. The van der Waals surface area contributed by atoms with E-state index in [0.717, 1.165) is 81.8 Å². The molecule has 1 aromatic carbocycles. The fourth-order valence-electron chi connectivity index (χ4n) is 5.17. The van der Waals surface area contributed by atoms with Gasteiger partial charge in [-0.25, -0.2) is 4.79 Å². The highest BCUT2D eigenvalue weighted by Gasteiger charge is 2.32. The highest BCUT2D eigenvalue weighted by Crippen LogP contribution is 2.41. The van der Waals surface area contributed by atoms with Crippen LogP contribution >= 0.6 is 0 Å². The average molecular weight is 497 g/mol. The van der Waals surface area contributed by atoms with E-state index in [9.17, 15) is 4.79 Å². The van der Waals surface area contributed by atoms with Crippen molar-refractivity contribution in [1.29, 1.82) is 0 Å². The van der Waals surface area contributed by atoms with Crippen molar-refractivity contribution in [2.24, 2.45) is 7.05 Å². The number of nitrogens with two attached hydrogens (primary N) is 1. The lowest BCUT2D eigenvalue weighted by atomic mass is 9.98. The third-order valence-electron chi connectivity index (χ3n) is 7.25. The number of nitrogen functional groups attached to an aromatic ring is 1. The van der Waals surface area contributed by atoms with Gasteiger partial charge in [0.25, 0.3) is 0 Å². The van der Waals surface area contributed by atoms with Gasteiger partial charge < -0.3 is 25.0 Å². The molecule has 0 radical (unpaired) electrons. The predicted octanol–water partition coefficient (Wildman–Crippen LogP) is 3.73. The van der Waals surface area contributed by atoms with Crippen LogP contribution in [0.15, 0.2) is 24.5 Å². The summed E-state index contributed by atoms with van der Waals surface area (Å²) in [5.41, 5.74) is 9.98. The van der Waals surface area contributed by atoms with Crippen molar-refractivity contribution < 1.29 is 14.3 Å². The Morgan fingerprint density at radius 2 is 1.72 bits per heavy atom. The van der Waals surface area contributed by atoms with E-state index in [4.69, 9.17) is 15.2 Å². The lowest BCUT2D eigenvalue weighted by Gasteiger charge is -2.43. The van der Waals surface area contributed by atoms with Crippen molar-refractivity contribution in [3.63, 3.8) is 0 Å². The van der Waals surface area contributed by atoms with Crippen molar-refractivity contribution in [3.05, 3.63) is 24.5 Å². The number of ether oxygens (including phenoxy) is 2. The van der Waals surface area contributed by atoms with Crippen molar-refractivity contribution in [2.75, 3.05) is 49.9 Å². The molecule has 2 saturated heterocycles. The molecule has 1 aromatic heterocycles. The minimum Gasteiger partial charge on any atom is -0.488 e. The van der Waals surface area contributed by atoms with Gasteiger partial charge in [-0.05, 0) is 52.5 Å². The second-order valence-electron chi connectivity index (χ2n) is 11.3. The Bertz CT molecular complexity index is 1070. The second-order valence-corrected chi connectivity index (χ2v) is 11.3. The number of nitrogens with zero attached hydrogens (tertiary/aromatic N) is 5. The summed E-state index contributed by atoms with van der Waals surface area (Å²) in [7, 11) is 1.94. The number of aromatic nitrogens is 2. The first-order valence-corrected chi connectivity index (χ1v) is 13.2. The Morgan fingerprint density at radius 3 is 2.31 bits per heavy atom. The topological polar surface area (TPSA) is 89.1 Å². The number of piperidine rings is 1. The maximum atomic E-state index is 12.4. The van der Waals surface area contributed by atoms with Crippen LogP contribution in [-0.4, -0.2) is 82.7 Å². The zero-order valence-electron chi connectivity index (χ0n) is 22.1. The summed E-state index contributed by atoms with van der Waals surface area (Å²) in [6.07, 6.45) is 8.41. The Morgan fingerprint density at radius 1 is 1.03 bits per heavy atom. The smallest absolute Gasteiger partial charge is 0.410 e. The number of carbonyl (C=O) groups excluding carboxylic acids is 1. The van der Waals surface area contributed by atoms with Gasteiger partial charge in [0.15, 0.2) is 0 Å². The zero-order valence-corrected chi connectivity index (χ0v) is 22.1. The third-order valence-corrected chi connectivity index (χ3v) is 7.25. The van der Waals surface area contributed by atoms with Crippen molar-refractivity contribution in [2.45, 2.75) is 64.2 Å². The standard InChI is InChI=1S/C27H40N6O3/c1-27(2,3)36-26(34)33-13-11-31(12-14-33)20-7-9-32(10-8-20)24-16-25(35-21-5-6-21)23(28)15-22(24)19-17-29-30(4)18-19/h15-18,20-21H,5-14,28H2,1-4H3. The molecule has 3 fully saturated rings. The van der Waals surface area contributed by atoms with Crippen molar-refractivity contribution in [1.82, 2.24) is 19.6 Å². The quantitative estimate of drug-likeness (QED) is 0.631. The van der Waals surface area contributed by atoms with E-state index in [2.05, 4.69) is 21.0 Å². The Balaban J connectivity index is 1.24. The summed E-state index contributed by atoms with van der Waals surface area (Å²) in [6, 6.07) is 4.71. The molecule has 0 atom stereocenters. The van der Waals surface area contributed by atoms with Gasteiger partial charge >= 0.3 is 6.09 Å². The number of carbonyl (C=O) groups is 1. The molecule has 1 aliphatic carbocycles. The lowest BCUT2D eigenvalue weighted by molar-refractivity contribution is 0.00902. The number of amides is 1. The van der Waals surface area contributed by atoms with Crippen LogP contribution in [0, 0.1) is 0 Å². The van der Waals surface area contributed by atoms with Gasteiger partial charge in [-0.2, -0.15) is 5.10 Å². The Kier molecular flexibility index (Phi) is 6.76. The number of hydrogen-bond acceptors (Lipinski definition) is 7. The molecular weight excluding hydrogens is 456 g/mol. The molecule has 0 spiro atoms. The van der Waals surface area contributed by atoms with Crippen LogP contribution in [0.25, 0.3) is 11.1 Å². The number of aryl methyl sites for hydroxylation is 1. The molecule has 1 saturated carbocycles. The van der Waals surface area contributed by atoms with E-state index < -0.39 is 5.60 Å². The molecule has 3 aliphatic rings. The van der Waals surface area contributed by atoms with Crippen LogP contribution in [0.3, 0.4) is 0 Å². The van der Waals surface area contributed by atoms with Crippen LogP contribution in [-0.2, 0) is 11.8 Å². The predicted molar refractivity (Wildman–Crippen MR) is 141 cm³/mol. The molecule has 3 heterocycles. The average Bonchev–Trinajstić information content (AvgIpc) is 3.56. The zero-order chi connectivity index (χ0) is 25.4. The third kappa shape index (κ3) is 5.72. The lowest BCUT2D eigenvalue weighted by Crippen LogP contribution is -2.55. The molecule has 1 amide bonds. The van der Waals surface area contributed by atoms with Gasteiger partial charge in [-0.15, -0.1) is 0 Å². The molecule has 5 rings (SSSR count). The van der Waals surface area contributed by atoms with Crippen LogP contribution in [0.1, 0.15) is 46.5 Å². The fourth-order valence-corrected chi connectivity index (χ4v) is 5.17. The largest absolute Gasteiger partial charge is 0.488 e. The monoisotopic (exact) mass is 496 g/mol. The number of benzene rings is 1. The molecular formula is C27H40N6O3. The molecule has 2 N–H and O–H groups in total. The first-order valence-electron chi connectivity index (χ1n) is 13.2. The molecule has 0 bridgehead atoms. The van der Waals surface area contributed by atoms with Gasteiger partial charge in [0.05, 0.1) is 18.0 Å². The van der Waals surface area contributed by atoms with Gasteiger partial charge in [-0.1, -0.05) is 0 Å². The van der Waals surface area contributed by atoms with E-state index in [1.165, 1.54) is 5.69 Å². The maximum Gasteiger partial charge on any atom is 0.410 e. The minimum absolute atomic E-state index is 0.201. The summed E-state index contributed by atoms with van der Waals surface area (Å²) in [4.78, 5) is 19.3. The number of rotatable bonds is 5. The minimum atomic E-state index is -0.457. The summed E-state index contributed by atoms with van der Waals surface area (Å²) in [5.74, 6) is 0.792. The van der Waals surface area contributed by atoms with E-state index in [1.807, 2.05) is 55.9 Å². The highest BCUT2D eigenvalue weighted by molar-refractivity contribution is 5.83.